The Kier molecular flexibility index (Phi) is 6.82. The Bertz CT molecular complexity index is 526. The first-order valence-electron chi connectivity index (χ1n) is 8.05. The Morgan fingerprint density at radius 2 is 1.68 bits per heavy atom. The Balaban J connectivity index is 1.64. The van der Waals surface area contributed by atoms with Crippen LogP contribution in [0, 0.1) is 0 Å². The zero-order valence-electron chi connectivity index (χ0n) is 13.4. The summed E-state index contributed by atoms with van der Waals surface area (Å²) >= 11 is 0. The van der Waals surface area contributed by atoms with E-state index in [1.807, 2.05) is 30.3 Å². The molecule has 0 unspecified atom stereocenters. The van der Waals surface area contributed by atoms with Crippen LogP contribution in [0.1, 0.15) is 18.9 Å². The zero-order valence-corrected chi connectivity index (χ0v) is 14.2. The molecule has 1 aliphatic heterocycles. The van der Waals surface area contributed by atoms with Crippen LogP contribution >= 0.6 is 0 Å². The highest BCUT2D eigenvalue weighted by Crippen LogP contribution is 2.05. The van der Waals surface area contributed by atoms with Crippen LogP contribution in [0.5, 0.6) is 0 Å². The Morgan fingerprint density at radius 3 is 2.32 bits per heavy atom. The summed E-state index contributed by atoms with van der Waals surface area (Å²) in [6.07, 6.45) is 0.861. The van der Waals surface area contributed by atoms with Gasteiger partial charge < -0.3 is 9.80 Å². The molecule has 0 radical (unpaired) electrons. The third-order valence-electron chi connectivity index (χ3n) is 4.08. The molecule has 0 amide bonds. The lowest BCUT2D eigenvalue weighted by atomic mass is 10.2. The number of benzene rings is 1. The number of nitrogens with zero attached hydrogens (tertiary/aromatic N) is 2. The molecule has 5 nitrogen and oxygen atoms in total. The second kappa shape index (κ2) is 8.62. The quantitative estimate of drug-likeness (QED) is 0.728. The average molecular weight is 325 g/mol. The van der Waals surface area contributed by atoms with Crippen LogP contribution in [0.25, 0.3) is 0 Å². The molecule has 0 spiro atoms. The van der Waals surface area contributed by atoms with Gasteiger partial charge in [0.25, 0.3) is 0 Å². The highest BCUT2D eigenvalue weighted by atomic mass is 32.2. The van der Waals surface area contributed by atoms with E-state index < -0.39 is 10.0 Å². The van der Waals surface area contributed by atoms with Crippen molar-refractivity contribution in [3.63, 3.8) is 0 Å². The van der Waals surface area contributed by atoms with E-state index in [0.29, 0.717) is 6.54 Å². The predicted molar refractivity (Wildman–Crippen MR) is 90.2 cm³/mol. The van der Waals surface area contributed by atoms with Crippen LogP contribution in [-0.2, 0) is 15.8 Å². The summed E-state index contributed by atoms with van der Waals surface area (Å²) in [4.78, 5) is 4.86. The molecule has 124 valence electrons. The van der Waals surface area contributed by atoms with Crippen LogP contribution in [0.3, 0.4) is 0 Å². The van der Waals surface area contributed by atoms with Crippen molar-refractivity contribution in [2.45, 2.75) is 19.1 Å². The van der Waals surface area contributed by atoms with Gasteiger partial charge in [0.15, 0.2) is 0 Å². The monoisotopic (exact) mass is 325 g/mol. The van der Waals surface area contributed by atoms with Gasteiger partial charge in [-0.3, -0.25) is 0 Å². The van der Waals surface area contributed by atoms with Gasteiger partial charge in [0, 0.05) is 32.7 Å². The molecule has 6 heteroatoms. The number of hydrogen-bond acceptors (Lipinski definition) is 4. The molecule has 0 aromatic heterocycles. The largest absolute Gasteiger partial charge is 0.301 e. The minimum Gasteiger partial charge on any atom is -0.301 e. The molecule has 1 aromatic rings. The summed E-state index contributed by atoms with van der Waals surface area (Å²) in [5.41, 5.74) is 0.825. The van der Waals surface area contributed by atoms with Crippen LogP contribution < -0.4 is 4.72 Å². The zero-order chi connectivity index (χ0) is 15.8. The van der Waals surface area contributed by atoms with Crippen molar-refractivity contribution in [3.05, 3.63) is 35.9 Å². The molecule has 1 heterocycles. The highest BCUT2D eigenvalue weighted by molar-refractivity contribution is 7.88. The summed E-state index contributed by atoms with van der Waals surface area (Å²) in [7, 11) is -3.23. The summed E-state index contributed by atoms with van der Waals surface area (Å²) in [5.74, 6) is 0.0585. The first kappa shape index (κ1) is 17.4. The SMILES string of the molecule is CCN1CCN(CCCNS(=O)(=O)Cc2ccccc2)CC1. The van der Waals surface area contributed by atoms with Gasteiger partial charge in [-0.2, -0.15) is 0 Å². The van der Waals surface area contributed by atoms with E-state index in [1.54, 1.807) is 0 Å². The molecule has 1 aromatic carbocycles. The number of nitrogens with one attached hydrogen (secondary N) is 1. The van der Waals surface area contributed by atoms with E-state index >= 15 is 0 Å². The second-order valence-electron chi connectivity index (χ2n) is 5.77. The number of piperazine rings is 1. The van der Waals surface area contributed by atoms with Crippen molar-refractivity contribution in [1.29, 1.82) is 0 Å². The van der Waals surface area contributed by atoms with Gasteiger partial charge in [-0.05, 0) is 25.1 Å². The van der Waals surface area contributed by atoms with E-state index in [1.165, 1.54) is 0 Å². The van der Waals surface area contributed by atoms with Gasteiger partial charge in [0.1, 0.15) is 0 Å². The van der Waals surface area contributed by atoms with E-state index in [-0.39, 0.29) is 5.75 Å². The third kappa shape index (κ3) is 6.04. The summed E-state index contributed by atoms with van der Waals surface area (Å²) in [5, 5.41) is 0. The minimum absolute atomic E-state index is 0.0585. The van der Waals surface area contributed by atoms with Gasteiger partial charge >= 0.3 is 0 Å². The average Bonchev–Trinajstić information content (AvgIpc) is 2.53. The normalized spacial score (nSPS) is 17.7. The molecular weight excluding hydrogens is 298 g/mol. The summed E-state index contributed by atoms with van der Waals surface area (Å²) < 4.78 is 26.7. The second-order valence-corrected chi connectivity index (χ2v) is 7.58. The first-order valence-corrected chi connectivity index (χ1v) is 9.70. The first-order chi connectivity index (χ1) is 10.6. The van der Waals surface area contributed by atoms with Crippen molar-refractivity contribution in [3.8, 4) is 0 Å². The Labute approximate surface area is 134 Å². The van der Waals surface area contributed by atoms with Gasteiger partial charge in [-0.15, -0.1) is 0 Å². The van der Waals surface area contributed by atoms with Gasteiger partial charge in [-0.1, -0.05) is 37.3 Å². The standard InChI is InChI=1S/C16H27N3O2S/c1-2-18-11-13-19(14-12-18)10-6-9-17-22(20,21)15-16-7-4-3-5-8-16/h3-5,7-8,17H,2,6,9-15H2,1H3. The molecule has 1 N–H and O–H groups in total. The number of sulfonamides is 1. The van der Waals surface area contributed by atoms with E-state index in [4.69, 9.17) is 0 Å². The van der Waals surface area contributed by atoms with Crippen molar-refractivity contribution >= 4 is 10.0 Å². The molecule has 22 heavy (non-hydrogen) atoms. The number of likely N-dealkylation sites (N-methyl/N-ethyl adjacent to an activating group) is 1. The smallest absolute Gasteiger partial charge is 0.215 e. The fourth-order valence-corrected chi connectivity index (χ4v) is 3.89. The highest BCUT2D eigenvalue weighted by Gasteiger charge is 2.15. The van der Waals surface area contributed by atoms with Crippen LogP contribution in [0.15, 0.2) is 30.3 Å². The van der Waals surface area contributed by atoms with Crippen LogP contribution in [0.2, 0.25) is 0 Å². The molecule has 1 saturated heterocycles. The molecule has 1 fully saturated rings. The van der Waals surface area contributed by atoms with Crippen LogP contribution in [-0.4, -0.2) is 64.0 Å². The number of hydrogen-bond donors (Lipinski definition) is 1. The maximum absolute atomic E-state index is 12.0. The lowest BCUT2D eigenvalue weighted by Crippen LogP contribution is -2.46. The van der Waals surface area contributed by atoms with Crippen LogP contribution in [0.4, 0.5) is 0 Å². The van der Waals surface area contributed by atoms with Crippen molar-refractivity contribution in [2.75, 3.05) is 45.8 Å². The maximum Gasteiger partial charge on any atom is 0.215 e. The lowest BCUT2D eigenvalue weighted by Gasteiger charge is -2.33. The lowest BCUT2D eigenvalue weighted by molar-refractivity contribution is 0.136. The third-order valence-corrected chi connectivity index (χ3v) is 5.44. The minimum atomic E-state index is -3.23. The number of rotatable bonds is 8. The molecule has 1 aliphatic rings. The fourth-order valence-electron chi connectivity index (χ4n) is 2.70. The molecule has 2 rings (SSSR count). The predicted octanol–water partition coefficient (Wildman–Crippen LogP) is 1.13. The molecule has 0 bridgehead atoms. The van der Waals surface area contributed by atoms with Crippen molar-refractivity contribution < 1.29 is 8.42 Å². The Morgan fingerprint density at radius 1 is 1.05 bits per heavy atom. The molecule has 0 aliphatic carbocycles. The summed E-state index contributed by atoms with van der Waals surface area (Å²) in [6, 6.07) is 9.29. The fraction of sp³-hybridized carbons (Fsp3) is 0.625. The molecular formula is C16H27N3O2S. The Hall–Kier alpha value is -0.950. The molecule has 0 atom stereocenters. The van der Waals surface area contributed by atoms with Crippen molar-refractivity contribution in [2.24, 2.45) is 0 Å². The van der Waals surface area contributed by atoms with Gasteiger partial charge in [0.2, 0.25) is 10.0 Å². The van der Waals surface area contributed by atoms with Crippen molar-refractivity contribution in [1.82, 2.24) is 14.5 Å². The summed E-state index contributed by atoms with van der Waals surface area (Å²) in [6.45, 7) is 9.21. The topological polar surface area (TPSA) is 52.6 Å². The van der Waals surface area contributed by atoms with Gasteiger partial charge in [-0.25, -0.2) is 13.1 Å². The molecule has 0 saturated carbocycles. The maximum atomic E-state index is 12.0. The van der Waals surface area contributed by atoms with E-state index in [0.717, 1.165) is 51.3 Å². The van der Waals surface area contributed by atoms with E-state index in [9.17, 15) is 8.42 Å². The van der Waals surface area contributed by atoms with E-state index in [2.05, 4.69) is 21.4 Å². The van der Waals surface area contributed by atoms with Gasteiger partial charge in [0.05, 0.1) is 5.75 Å².